The fourth-order valence-electron chi connectivity index (χ4n) is 0.655. The summed E-state index contributed by atoms with van der Waals surface area (Å²) >= 11 is 1.32. The molecule has 5 nitrogen and oxygen atoms in total. The van der Waals surface area contributed by atoms with E-state index in [1.165, 1.54) is 11.3 Å². The number of hydrogen-bond donors (Lipinski definition) is 2. The lowest BCUT2D eigenvalue weighted by atomic mass is 10.6. The Bertz CT molecular complexity index is 320. The lowest BCUT2D eigenvalue weighted by Gasteiger charge is -1.96. The molecule has 0 aliphatic rings. The maximum Gasteiger partial charge on any atom is 0.320 e. The second-order valence-electron chi connectivity index (χ2n) is 2.15. The monoisotopic (exact) mass is 198 g/mol. The van der Waals surface area contributed by atoms with E-state index in [0.717, 1.165) is 5.01 Å². The van der Waals surface area contributed by atoms with Crippen LogP contribution < -0.4 is 10.6 Å². The van der Waals surface area contributed by atoms with Gasteiger partial charge in [-0.3, -0.25) is 5.32 Å². The van der Waals surface area contributed by atoms with Crippen LogP contribution in [0.4, 0.5) is 9.93 Å². The number of nitrogens with zero attached hydrogens (tertiary/aromatic N) is 2. The van der Waals surface area contributed by atoms with Crippen LogP contribution in [0.1, 0.15) is 11.9 Å². The number of amides is 2. The van der Waals surface area contributed by atoms with Gasteiger partial charge in [0.25, 0.3) is 0 Å². The summed E-state index contributed by atoms with van der Waals surface area (Å²) in [5, 5.41) is 13.8. The molecule has 0 bridgehead atoms. The number of anilines is 1. The molecule has 0 saturated carbocycles. The lowest BCUT2D eigenvalue weighted by Crippen LogP contribution is -2.24. The van der Waals surface area contributed by atoms with Crippen molar-refractivity contribution in [2.75, 3.05) is 12.4 Å². The first-order valence-electron chi connectivity index (χ1n) is 3.71. The third-order valence-corrected chi connectivity index (χ3v) is 2.00. The van der Waals surface area contributed by atoms with Crippen LogP contribution in [0.5, 0.6) is 0 Å². The van der Waals surface area contributed by atoms with E-state index in [9.17, 15) is 4.79 Å². The molecule has 0 radical (unpaired) electrons. The van der Waals surface area contributed by atoms with Gasteiger partial charge >= 0.3 is 6.03 Å². The van der Waals surface area contributed by atoms with Gasteiger partial charge in [-0.05, 0) is 13.0 Å². The zero-order chi connectivity index (χ0) is 9.68. The first-order chi connectivity index (χ1) is 6.26. The van der Waals surface area contributed by atoms with Gasteiger partial charge in [0.05, 0.1) is 0 Å². The third kappa shape index (κ3) is 2.83. The summed E-state index contributed by atoms with van der Waals surface area (Å²) < 4.78 is 0. The Labute approximate surface area is 79.9 Å². The summed E-state index contributed by atoms with van der Waals surface area (Å²) in [4.78, 5) is 10.8. The van der Waals surface area contributed by atoms with Crippen LogP contribution in [0, 0.1) is 0 Å². The van der Waals surface area contributed by atoms with E-state index in [1.54, 1.807) is 7.05 Å². The van der Waals surface area contributed by atoms with Crippen molar-refractivity contribution in [3.8, 4) is 0 Å². The maximum absolute atomic E-state index is 10.8. The molecule has 1 heterocycles. The van der Waals surface area contributed by atoms with Crippen molar-refractivity contribution in [2.24, 2.45) is 0 Å². The first kappa shape index (κ1) is 9.66. The van der Waals surface area contributed by atoms with Crippen LogP contribution >= 0.6 is 11.3 Å². The number of aromatic nitrogens is 2. The van der Waals surface area contributed by atoms with E-state index in [0.29, 0.717) is 5.13 Å². The van der Waals surface area contributed by atoms with Crippen LogP contribution in [-0.2, 0) is 0 Å². The molecule has 6 heteroatoms. The van der Waals surface area contributed by atoms with E-state index in [-0.39, 0.29) is 6.03 Å². The van der Waals surface area contributed by atoms with Crippen LogP contribution in [0.3, 0.4) is 0 Å². The molecular weight excluding hydrogens is 188 g/mol. The van der Waals surface area contributed by atoms with Gasteiger partial charge in [-0.2, -0.15) is 0 Å². The van der Waals surface area contributed by atoms with E-state index < -0.39 is 0 Å². The summed E-state index contributed by atoms with van der Waals surface area (Å²) in [6.07, 6.45) is 3.69. The Morgan fingerprint density at radius 1 is 1.54 bits per heavy atom. The summed E-state index contributed by atoms with van der Waals surface area (Å²) in [6, 6.07) is -0.289. The molecule has 0 aliphatic carbocycles. The quantitative estimate of drug-likeness (QED) is 0.753. The Balaban J connectivity index is 2.63. The summed E-state index contributed by atoms with van der Waals surface area (Å²) in [7, 11) is 1.54. The Morgan fingerprint density at radius 2 is 2.31 bits per heavy atom. The fourth-order valence-corrected chi connectivity index (χ4v) is 1.36. The molecule has 2 amide bonds. The molecule has 1 aromatic rings. The van der Waals surface area contributed by atoms with E-state index in [2.05, 4.69) is 20.8 Å². The molecule has 1 aromatic heterocycles. The first-order valence-corrected chi connectivity index (χ1v) is 4.53. The molecule has 0 spiro atoms. The van der Waals surface area contributed by atoms with Crippen molar-refractivity contribution in [3.05, 3.63) is 11.1 Å². The van der Waals surface area contributed by atoms with Gasteiger partial charge in [0, 0.05) is 7.05 Å². The molecule has 0 aromatic carbocycles. The van der Waals surface area contributed by atoms with Crippen molar-refractivity contribution in [1.82, 2.24) is 15.5 Å². The predicted octanol–water partition coefficient (Wildman–Crippen LogP) is 1.32. The SMILES string of the molecule is C/C=C/c1nnc(NC(=O)NC)s1. The summed E-state index contributed by atoms with van der Waals surface area (Å²) in [5.41, 5.74) is 0. The van der Waals surface area contributed by atoms with Gasteiger partial charge in [-0.1, -0.05) is 17.4 Å². The normalized spacial score (nSPS) is 10.3. The Morgan fingerprint density at radius 3 is 2.92 bits per heavy atom. The van der Waals surface area contributed by atoms with Gasteiger partial charge in [0.1, 0.15) is 5.01 Å². The highest BCUT2D eigenvalue weighted by molar-refractivity contribution is 7.16. The standard InChI is InChI=1S/C7H10N4OS/c1-3-4-5-10-11-7(13-5)9-6(12)8-2/h3-4H,1-2H3,(H2,8,9,11,12)/b4-3+. The smallest absolute Gasteiger partial charge is 0.320 e. The van der Waals surface area contributed by atoms with Gasteiger partial charge < -0.3 is 5.32 Å². The Hall–Kier alpha value is -1.43. The van der Waals surface area contributed by atoms with Crippen molar-refractivity contribution < 1.29 is 4.79 Å². The number of nitrogens with one attached hydrogen (secondary N) is 2. The number of allylic oxidation sites excluding steroid dienone is 1. The summed E-state index contributed by atoms with van der Waals surface area (Å²) in [5.74, 6) is 0. The average molecular weight is 198 g/mol. The van der Waals surface area contributed by atoms with E-state index in [1.807, 2.05) is 19.1 Å². The Kier molecular flexibility index (Phi) is 3.39. The van der Waals surface area contributed by atoms with Crippen LogP contribution in [-0.4, -0.2) is 23.3 Å². The molecule has 0 saturated heterocycles. The highest BCUT2D eigenvalue weighted by atomic mass is 32.1. The third-order valence-electron chi connectivity index (χ3n) is 1.20. The molecule has 0 unspecified atom stereocenters. The highest BCUT2D eigenvalue weighted by Gasteiger charge is 2.03. The molecule has 0 fully saturated rings. The van der Waals surface area contributed by atoms with Crippen LogP contribution in [0.2, 0.25) is 0 Å². The molecule has 1 rings (SSSR count). The van der Waals surface area contributed by atoms with Crippen molar-refractivity contribution in [1.29, 1.82) is 0 Å². The molecule has 0 aliphatic heterocycles. The second kappa shape index (κ2) is 4.56. The van der Waals surface area contributed by atoms with E-state index in [4.69, 9.17) is 0 Å². The minimum Gasteiger partial charge on any atom is -0.341 e. The fraction of sp³-hybridized carbons (Fsp3) is 0.286. The van der Waals surface area contributed by atoms with Crippen molar-refractivity contribution in [3.63, 3.8) is 0 Å². The number of hydrogen-bond acceptors (Lipinski definition) is 4. The van der Waals surface area contributed by atoms with Crippen molar-refractivity contribution in [2.45, 2.75) is 6.92 Å². The predicted molar refractivity (Wildman–Crippen MR) is 52.7 cm³/mol. The van der Waals surface area contributed by atoms with Gasteiger partial charge in [-0.15, -0.1) is 10.2 Å². The maximum atomic E-state index is 10.8. The molecular formula is C7H10N4OS. The number of carbonyl (C=O) groups is 1. The average Bonchev–Trinajstić information content (AvgIpc) is 2.53. The molecule has 70 valence electrons. The molecule has 13 heavy (non-hydrogen) atoms. The van der Waals surface area contributed by atoms with Gasteiger partial charge in [-0.25, -0.2) is 4.79 Å². The lowest BCUT2D eigenvalue weighted by molar-refractivity contribution is 0.254. The molecule has 0 atom stereocenters. The second-order valence-corrected chi connectivity index (χ2v) is 3.16. The van der Waals surface area contributed by atoms with E-state index >= 15 is 0 Å². The topological polar surface area (TPSA) is 66.9 Å². The summed E-state index contributed by atoms with van der Waals surface area (Å²) in [6.45, 7) is 1.90. The zero-order valence-corrected chi connectivity index (χ0v) is 8.18. The number of rotatable bonds is 2. The number of urea groups is 1. The number of carbonyl (C=O) groups excluding carboxylic acids is 1. The van der Waals surface area contributed by atoms with Crippen LogP contribution in [0.25, 0.3) is 6.08 Å². The van der Waals surface area contributed by atoms with Crippen LogP contribution in [0.15, 0.2) is 6.08 Å². The minimum absolute atomic E-state index is 0.289. The molecule has 2 N–H and O–H groups in total. The van der Waals surface area contributed by atoms with Crippen molar-refractivity contribution >= 4 is 28.6 Å². The minimum atomic E-state index is -0.289. The largest absolute Gasteiger partial charge is 0.341 e. The highest BCUT2D eigenvalue weighted by Crippen LogP contribution is 2.15. The van der Waals surface area contributed by atoms with Gasteiger partial charge in [0.2, 0.25) is 5.13 Å². The zero-order valence-electron chi connectivity index (χ0n) is 7.37. The van der Waals surface area contributed by atoms with Gasteiger partial charge in [0.15, 0.2) is 0 Å².